The first-order valence-electron chi connectivity index (χ1n) is 8.19. The van der Waals surface area contributed by atoms with Gasteiger partial charge in [-0.3, -0.25) is 9.69 Å². The Bertz CT molecular complexity index is 660. The minimum Gasteiger partial charge on any atom is -0.347 e. The first-order valence-corrected chi connectivity index (χ1v) is 8.19. The third-order valence-electron chi connectivity index (χ3n) is 4.49. The number of carbonyl (C=O) groups excluding carboxylic acids is 1. The molecule has 1 aliphatic heterocycles. The van der Waals surface area contributed by atoms with Crippen LogP contribution in [-0.4, -0.2) is 51.9 Å². The van der Waals surface area contributed by atoms with Gasteiger partial charge >= 0.3 is 0 Å². The van der Waals surface area contributed by atoms with Gasteiger partial charge in [-0.15, -0.1) is 0 Å². The molecule has 122 valence electrons. The van der Waals surface area contributed by atoms with E-state index in [1.54, 1.807) is 6.20 Å². The first kappa shape index (κ1) is 15.7. The van der Waals surface area contributed by atoms with Gasteiger partial charge in [-0.05, 0) is 32.5 Å². The average Bonchev–Trinajstić information content (AvgIpc) is 3.07. The minimum absolute atomic E-state index is 0.115. The maximum absolute atomic E-state index is 12.9. The van der Waals surface area contributed by atoms with E-state index in [2.05, 4.69) is 27.9 Å². The number of amides is 1. The van der Waals surface area contributed by atoms with E-state index in [9.17, 15) is 4.79 Å². The molecule has 1 atom stereocenters. The standard InChI is InChI=1S/C18H24N4O/c1-4-21-7-8-22(12-16(21)17-19-5-6-20-17)18(23)15-10-13(2)9-14(3)11-15/h5-6,9-11,16H,4,7-8,12H2,1-3H3,(H,19,20)/t16-/m0/s1. The number of piperazine rings is 1. The van der Waals surface area contributed by atoms with Crippen LogP contribution in [-0.2, 0) is 0 Å². The Hall–Kier alpha value is -2.14. The zero-order chi connectivity index (χ0) is 16.4. The van der Waals surface area contributed by atoms with Gasteiger partial charge in [0, 0.05) is 37.6 Å². The second-order valence-corrected chi connectivity index (χ2v) is 6.25. The monoisotopic (exact) mass is 312 g/mol. The molecule has 2 aromatic rings. The van der Waals surface area contributed by atoms with E-state index in [0.29, 0.717) is 6.54 Å². The van der Waals surface area contributed by atoms with Crippen molar-refractivity contribution < 1.29 is 4.79 Å². The summed E-state index contributed by atoms with van der Waals surface area (Å²) in [6.45, 7) is 9.48. The number of H-pyrrole nitrogens is 1. The summed E-state index contributed by atoms with van der Waals surface area (Å²) >= 11 is 0. The summed E-state index contributed by atoms with van der Waals surface area (Å²) in [5.74, 6) is 1.05. The van der Waals surface area contributed by atoms with Crippen LogP contribution in [0.2, 0.25) is 0 Å². The van der Waals surface area contributed by atoms with Crippen molar-refractivity contribution in [3.63, 3.8) is 0 Å². The molecule has 0 unspecified atom stereocenters. The summed E-state index contributed by atoms with van der Waals surface area (Å²) in [5, 5.41) is 0. The van der Waals surface area contributed by atoms with Gasteiger partial charge in [0.2, 0.25) is 0 Å². The van der Waals surface area contributed by atoms with Crippen LogP contribution < -0.4 is 0 Å². The lowest BCUT2D eigenvalue weighted by atomic mass is 10.0. The number of nitrogens with one attached hydrogen (secondary N) is 1. The Balaban J connectivity index is 1.82. The van der Waals surface area contributed by atoms with Crippen molar-refractivity contribution >= 4 is 5.91 Å². The molecule has 0 aliphatic carbocycles. The summed E-state index contributed by atoms with van der Waals surface area (Å²) < 4.78 is 0. The van der Waals surface area contributed by atoms with Gasteiger partial charge in [0.25, 0.3) is 5.91 Å². The van der Waals surface area contributed by atoms with Crippen molar-refractivity contribution in [3.8, 4) is 0 Å². The molecule has 1 fully saturated rings. The third kappa shape index (κ3) is 3.29. The van der Waals surface area contributed by atoms with Crippen LogP contribution in [0.15, 0.2) is 30.6 Å². The number of hydrogen-bond acceptors (Lipinski definition) is 3. The molecule has 5 nitrogen and oxygen atoms in total. The Morgan fingerprint density at radius 3 is 2.61 bits per heavy atom. The molecule has 2 heterocycles. The van der Waals surface area contributed by atoms with E-state index in [0.717, 1.165) is 42.1 Å². The molecule has 1 N–H and O–H groups in total. The highest BCUT2D eigenvalue weighted by Crippen LogP contribution is 2.24. The molecule has 1 aromatic carbocycles. The number of carbonyl (C=O) groups is 1. The quantitative estimate of drug-likeness (QED) is 0.947. The molecule has 0 saturated carbocycles. The summed E-state index contributed by atoms with van der Waals surface area (Å²) in [6.07, 6.45) is 3.61. The number of rotatable bonds is 3. The van der Waals surface area contributed by atoms with Crippen molar-refractivity contribution in [2.45, 2.75) is 26.8 Å². The van der Waals surface area contributed by atoms with E-state index in [1.165, 1.54) is 0 Å². The van der Waals surface area contributed by atoms with E-state index < -0.39 is 0 Å². The third-order valence-corrected chi connectivity index (χ3v) is 4.49. The number of imidazole rings is 1. The normalized spacial score (nSPS) is 19.1. The summed E-state index contributed by atoms with van der Waals surface area (Å²) in [5.41, 5.74) is 3.04. The predicted octanol–water partition coefficient (Wildman–Crippen LogP) is 2.55. The molecule has 3 rings (SSSR count). The van der Waals surface area contributed by atoms with E-state index >= 15 is 0 Å². The van der Waals surface area contributed by atoms with Crippen molar-refractivity contribution in [2.75, 3.05) is 26.2 Å². The molecule has 1 aromatic heterocycles. The minimum atomic E-state index is 0.115. The molecule has 1 aliphatic rings. The van der Waals surface area contributed by atoms with Gasteiger partial charge in [0.1, 0.15) is 5.82 Å². The lowest BCUT2D eigenvalue weighted by Crippen LogP contribution is -2.50. The Morgan fingerprint density at radius 1 is 1.26 bits per heavy atom. The van der Waals surface area contributed by atoms with Gasteiger partial charge in [-0.25, -0.2) is 4.98 Å². The van der Waals surface area contributed by atoms with Gasteiger partial charge in [-0.2, -0.15) is 0 Å². The fourth-order valence-corrected chi connectivity index (χ4v) is 3.38. The van der Waals surface area contributed by atoms with Crippen LogP contribution in [0, 0.1) is 13.8 Å². The van der Waals surface area contributed by atoms with Gasteiger partial charge in [0.15, 0.2) is 0 Å². The maximum Gasteiger partial charge on any atom is 0.253 e. The number of likely N-dealkylation sites (N-methyl/N-ethyl adjacent to an activating group) is 1. The molecular weight excluding hydrogens is 288 g/mol. The Labute approximate surface area is 137 Å². The molecule has 0 bridgehead atoms. The van der Waals surface area contributed by atoms with Crippen LogP contribution in [0.5, 0.6) is 0 Å². The Morgan fingerprint density at radius 2 is 2.00 bits per heavy atom. The summed E-state index contributed by atoms with van der Waals surface area (Å²) in [4.78, 5) is 24.8. The van der Waals surface area contributed by atoms with E-state index in [-0.39, 0.29) is 11.9 Å². The van der Waals surface area contributed by atoms with Crippen LogP contribution in [0.3, 0.4) is 0 Å². The number of aryl methyl sites for hydroxylation is 2. The van der Waals surface area contributed by atoms with Crippen molar-refractivity contribution in [1.82, 2.24) is 19.8 Å². The molecule has 1 saturated heterocycles. The van der Waals surface area contributed by atoms with Crippen molar-refractivity contribution in [2.24, 2.45) is 0 Å². The number of aromatic nitrogens is 2. The molecule has 5 heteroatoms. The summed E-state index contributed by atoms with van der Waals surface area (Å²) in [6, 6.07) is 6.18. The molecule has 1 amide bonds. The smallest absolute Gasteiger partial charge is 0.253 e. The highest BCUT2D eigenvalue weighted by atomic mass is 16.2. The van der Waals surface area contributed by atoms with Gasteiger partial charge in [0.05, 0.1) is 6.04 Å². The molecular formula is C18H24N4O. The molecule has 0 radical (unpaired) electrons. The van der Waals surface area contributed by atoms with Crippen LogP contribution in [0.25, 0.3) is 0 Å². The van der Waals surface area contributed by atoms with E-state index in [4.69, 9.17) is 0 Å². The topological polar surface area (TPSA) is 52.2 Å². The second-order valence-electron chi connectivity index (χ2n) is 6.25. The molecule has 0 spiro atoms. The Kier molecular flexibility index (Phi) is 4.48. The summed E-state index contributed by atoms with van der Waals surface area (Å²) in [7, 11) is 0. The van der Waals surface area contributed by atoms with E-state index in [1.807, 2.05) is 37.1 Å². The number of aromatic amines is 1. The fraction of sp³-hybridized carbons (Fsp3) is 0.444. The zero-order valence-electron chi connectivity index (χ0n) is 14.0. The maximum atomic E-state index is 12.9. The number of hydrogen-bond donors (Lipinski definition) is 1. The van der Waals surface area contributed by atoms with Gasteiger partial charge < -0.3 is 9.88 Å². The lowest BCUT2D eigenvalue weighted by molar-refractivity contribution is 0.0479. The van der Waals surface area contributed by atoms with Crippen molar-refractivity contribution in [1.29, 1.82) is 0 Å². The van der Waals surface area contributed by atoms with Crippen molar-refractivity contribution in [3.05, 3.63) is 53.1 Å². The van der Waals surface area contributed by atoms with Crippen LogP contribution in [0.1, 0.15) is 40.3 Å². The second kappa shape index (κ2) is 6.54. The highest BCUT2D eigenvalue weighted by Gasteiger charge is 2.31. The number of benzene rings is 1. The van der Waals surface area contributed by atoms with Gasteiger partial charge in [-0.1, -0.05) is 24.1 Å². The lowest BCUT2D eigenvalue weighted by Gasteiger charge is -2.40. The first-order chi connectivity index (χ1) is 11.1. The highest BCUT2D eigenvalue weighted by molar-refractivity contribution is 5.94. The fourth-order valence-electron chi connectivity index (χ4n) is 3.38. The molecule has 23 heavy (non-hydrogen) atoms. The average molecular weight is 312 g/mol. The predicted molar refractivity (Wildman–Crippen MR) is 90.4 cm³/mol. The number of nitrogens with zero attached hydrogens (tertiary/aromatic N) is 3. The van der Waals surface area contributed by atoms with Crippen LogP contribution >= 0.6 is 0 Å². The SMILES string of the molecule is CCN1CCN(C(=O)c2cc(C)cc(C)c2)C[C@H]1c1ncc[nH]1. The largest absolute Gasteiger partial charge is 0.347 e. The van der Waals surface area contributed by atoms with Crippen LogP contribution in [0.4, 0.5) is 0 Å². The zero-order valence-corrected chi connectivity index (χ0v) is 14.0.